The van der Waals surface area contributed by atoms with Crippen LogP contribution >= 0.6 is 35.1 Å². The molecule has 0 aliphatic carbocycles. The number of halogens is 1. The number of benzene rings is 2. The number of nitrogens with zero attached hydrogens (tertiary/aromatic N) is 1. The van der Waals surface area contributed by atoms with Crippen LogP contribution in [0.5, 0.6) is 0 Å². The number of carbonyl (C=O) groups excluding carboxylic acids is 1. The Morgan fingerprint density at radius 3 is 2.58 bits per heavy atom. The maximum atomic E-state index is 12.0. The van der Waals surface area contributed by atoms with Gasteiger partial charge in [-0.1, -0.05) is 11.6 Å². The average Bonchev–Trinajstić information content (AvgIpc) is 2.59. The lowest BCUT2D eigenvalue weighted by Gasteiger charge is -2.06. The Hall–Kier alpha value is -1.70. The zero-order valence-electron chi connectivity index (χ0n) is 12.7. The first-order valence-corrected chi connectivity index (χ1v) is 9.48. The number of ether oxygens (including phenoxy) is 1. The summed E-state index contributed by atoms with van der Waals surface area (Å²) in [4.78, 5) is 24.1. The lowest BCUT2D eigenvalue weighted by Crippen LogP contribution is -2.08. The highest BCUT2D eigenvalue weighted by molar-refractivity contribution is 7.99. The number of thioether (sulfide) groups is 2. The van der Waals surface area contributed by atoms with Crippen molar-refractivity contribution < 1.29 is 14.5 Å². The van der Waals surface area contributed by atoms with Crippen molar-refractivity contribution in [3.63, 3.8) is 0 Å². The van der Waals surface area contributed by atoms with Crippen LogP contribution in [0.25, 0.3) is 0 Å². The van der Waals surface area contributed by atoms with E-state index in [1.54, 1.807) is 24.5 Å². The van der Waals surface area contributed by atoms with Gasteiger partial charge in [0.1, 0.15) is 6.61 Å². The molecule has 0 amide bonds. The molecule has 0 radical (unpaired) electrons. The van der Waals surface area contributed by atoms with E-state index in [0.29, 0.717) is 15.7 Å². The van der Waals surface area contributed by atoms with Gasteiger partial charge < -0.3 is 4.74 Å². The minimum absolute atomic E-state index is 0.0903. The third-order valence-corrected chi connectivity index (χ3v) is 5.02. The van der Waals surface area contributed by atoms with Gasteiger partial charge in [-0.25, -0.2) is 4.79 Å². The summed E-state index contributed by atoms with van der Waals surface area (Å²) >= 11 is 8.60. The average molecular weight is 384 g/mol. The second kappa shape index (κ2) is 8.96. The topological polar surface area (TPSA) is 69.4 Å². The molecule has 0 aromatic heterocycles. The summed E-state index contributed by atoms with van der Waals surface area (Å²) in [7, 11) is 0. The molecule has 0 heterocycles. The lowest BCUT2D eigenvalue weighted by atomic mass is 10.2. The number of esters is 1. The van der Waals surface area contributed by atoms with Crippen LogP contribution in [0.4, 0.5) is 5.69 Å². The highest BCUT2D eigenvalue weighted by Gasteiger charge is 2.17. The predicted octanol–water partition coefficient (Wildman–Crippen LogP) is 4.92. The van der Waals surface area contributed by atoms with Crippen molar-refractivity contribution in [3.8, 4) is 0 Å². The van der Waals surface area contributed by atoms with E-state index in [0.717, 1.165) is 4.90 Å². The van der Waals surface area contributed by atoms with E-state index in [-0.39, 0.29) is 17.9 Å². The van der Waals surface area contributed by atoms with Crippen LogP contribution in [0.1, 0.15) is 10.4 Å². The van der Waals surface area contributed by atoms with Gasteiger partial charge in [-0.15, -0.1) is 23.5 Å². The van der Waals surface area contributed by atoms with Crippen LogP contribution in [0, 0.1) is 10.1 Å². The normalized spacial score (nSPS) is 10.4. The van der Waals surface area contributed by atoms with E-state index in [1.165, 1.54) is 35.7 Å². The largest absolute Gasteiger partial charge is 0.461 e. The van der Waals surface area contributed by atoms with Crippen molar-refractivity contribution in [1.82, 2.24) is 0 Å². The molecule has 5 nitrogen and oxygen atoms in total. The third kappa shape index (κ3) is 5.15. The molecule has 0 saturated heterocycles. The molecule has 2 aromatic rings. The van der Waals surface area contributed by atoms with Crippen LogP contribution in [-0.2, 0) is 4.74 Å². The molecule has 0 fully saturated rings. The Morgan fingerprint density at radius 2 is 1.96 bits per heavy atom. The molecule has 126 valence electrons. The van der Waals surface area contributed by atoms with Crippen molar-refractivity contribution in [1.29, 1.82) is 0 Å². The molecule has 0 aliphatic heterocycles. The molecular formula is C16H14ClNO4S2. The quantitative estimate of drug-likeness (QED) is 0.222. The van der Waals surface area contributed by atoms with Gasteiger partial charge in [0.25, 0.3) is 5.69 Å². The second-order valence-corrected chi connectivity index (χ2v) is 7.03. The highest BCUT2D eigenvalue weighted by atomic mass is 35.5. The summed E-state index contributed by atoms with van der Waals surface area (Å²) in [6, 6.07) is 11.7. The van der Waals surface area contributed by atoms with E-state index in [1.807, 2.05) is 12.1 Å². The number of hydrogen-bond donors (Lipinski definition) is 0. The van der Waals surface area contributed by atoms with Gasteiger partial charge in [0, 0.05) is 21.7 Å². The summed E-state index contributed by atoms with van der Waals surface area (Å²) in [5, 5.41) is 11.7. The van der Waals surface area contributed by atoms with Gasteiger partial charge >= 0.3 is 5.97 Å². The Bertz CT molecular complexity index is 737. The van der Waals surface area contributed by atoms with Crippen LogP contribution in [0.15, 0.2) is 52.3 Å². The van der Waals surface area contributed by atoms with Crippen molar-refractivity contribution in [3.05, 3.63) is 63.2 Å². The van der Waals surface area contributed by atoms with Crippen molar-refractivity contribution in [2.45, 2.75) is 9.79 Å². The molecule has 0 unspecified atom stereocenters. The number of nitro benzene ring substituents is 1. The Balaban J connectivity index is 1.89. The van der Waals surface area contributed by atoms with Gasteiger partial charge in [-0.05, 0) is 42.7 Å². The SMILES string of the molecule is CSc1ccc(C(=O)OCCSc2ccc(Cl)cc2)cc1[N+](=O)[O-]. The van der Waals surface area contributed by atoms with E-state index in [2.05, 4.69) is 0 Å². The standard InChI is InChI=1S/C16H14ClNO4S2/c1-23-15-7-2-11(10-14(15)18(20)21)16(19)22-8-9-24-13-5-3-12(17)4-6-13/h2-7,10H,8-9H2,1H3. The molecule has 8 heteroatoms. The molecule has 24 heavy (non-hydrogen) atoms. The monoisotopic (exact) mass is 383 g/mol. The maximum absolute atomic E-state index is 12.0. The fraction of sp³-hybridized carbons (Fsp3) is 0.188. The first kappa shape index (κ1) is 18.6. The molecule has 2 rings (SSSR count). The van der Waals surface area contributed by atoms with Gasteiger partial charge in [0.05, 0.1) is 15.4 Å². The first-order chi connectivity index (χ1) is 11.5. The van der Waals surface area contributed by atoms with Gasteiger partial charge in [-0.3, -0.25) is 10.1 Å². The smallest absolute Gasteiger partial charge is 0.338 e. The van der Waals surface area contributed by atoms with Crippen LogP contribution in [0.2, 0.25) is 5.02 Å². The summed E-state index contributed by atoms with van der Waals surface area (Å²) in [5.74, 6) is 0.0145. The van der Waals surface area contributed by atoms with Gasteiger partial charge in [-0.2, -0.15) is 0 Å². The molecule has 0 spiro atoms. The van der Waals surface area contributed by atoms with E-state index >= 15 is 0 Å². The van der Waals surface area contributed by atoms with E-state index in [4.69, 9.17) is 16.3 Å². The van der Waals surface area contributed by atoms with Crippen molar-refractivity contribution in [2.75, 3.05) is 18.6 Å². The lowest BCUT2D eigenvalue weighted by molar-refractivity contribution is -0.387. The third-order valence-electron chi connectivity index (χ3n) is 3.01. The minimum Gasteiger partial charge on any atom is -0.461 e. The Labute approximate surface area is 152 Å². The maximum Gasteiger partial charge on any atom is 0.338 e. The Morgan fingerprint density at radius 1 is 1.25 bits per heavy atom. The number of rotatable bonds is 7. The highest BCUT2D eigenvalue weighted by Crippen LogP contribution is 2.28. The minimum atomic E-state index is -0.567. The van der Waals surface area contributed by atoms with Gasteiger partial charge in [0.2, 0.25) is 0 Å². The number of nitro groups is 1. The van der Waals surface area contributed by atoms with Crippen LogP contribution in [0.3, 0.4) is 0 Å². The molecule has 0 aliphatic rings. The second-order valence-electron chi connectivity index (χ2n) is 4.58. The predicted molar refractivity (Wildman–Crippen MR) is 97.3 cm³/mol. The summed E-state index contributed by atoms with van der Waals surface area (Å²) in [6.07, 6.45) is 1.74. The molecule has 0 saturated carbocycles. The van der Waals surface area contributed by atoms with E-state index < -0.39 is 10.9 Å². The number of carbonyl (C=O) groups is 1. The zero-order chi connectivity index (χ0) is 17.5. The molecule has 0 N–H and O–H groups in total. The zero-order valence-corrected chi connectivity index (χ0v) is 15.1. The Kier molecular flexibility index (Phi) is 6.96. The van der Waals surface area contributed by atoms with Crippen molar-refractivity contribution in [2.24, 2.45) is 0 Å². The molecule has 2 aromatic carbocycles. The molecule has 0 bridgehead atoms. The van der Waals surface area contributed by atoms with Crippen LogP contribution < -0.4 is 0 Å². The summed E-state index contributed by atoms with van der Waals surface area (Å²) < 4.78 is 5.17. The molecular weight excluding hydrogens is 370 g/mol. The van der Waals surface area contributed by atoms with Crippen LogP contribution in [-0.4, -0.2) is 29.5 Å². The first-order valence-electron chi connectivity index (χ1n) is 6.89. The molecule has 0 atom stereocenters. The van der Waals surface area contributed by atoms with Crippen molar-refractivity contribution >= 4 is 46.8 Å². The summed E-state index contributed by atoms with van der Waals surface area (Å²) in [5.41, 5.74) is 0.0866. The fourth-order valence-electron chi connectivity index (χ4n) is 1.87. The summed E-state index contributed by atoms with van der Waals surface area (Å²) in [6.45, 7) is 0.213. The fourth-order valence-corrected chi connectivity index (χ4v) is 3.27. The number of hydrogen-bond acceptors (Lipinski definition) is 6. The van der Waals surface area contributed by atoms with E-state index in [9.17, 15) is 14.9 Å². The van der Waals surface area contributed by atoms with Gasteiger partial charge in [0.15, 0.2) is 0 Å².